The van der Waals surface area contributed by atoms with E-state index in [4.69, 9.17) is 4.98 Å². The number of benzene rings is 1. The molecule has 0 aliphatic carbocycles. The Bertz CT molecular complexity index is 1850. The summed E-state index contributed by atoms with van der Waals surface area (Å²) in [4.78, 5) is 43.5. The molecular formula is C28H27BrN8O2. The van der Waals surface area contributed by atoms with Crippen LogP contribution in [0.5, 0.6) is 0 Å². The quantitative estimate of drug-likeness (QED) is 0.317. The van der Waals surface area contributed by atoms with E-state index in [1.54, 1.807) is 26.7 Å². The van der Waals surface area contributed by atoms with Gasteiger partial charge in [-0.15, -0.1) is 0 Å². The molecule has 0 spiro atoms. The van der Waals surface area contributed by atoms with E-state index in [0.717, 1.165) is 27.1 Å². The summed E-state index contributed by atoms with van der Waals surface area (Å²) in [6.45, 7) is 7.97. The van der Waals surface area contributed by atoms with Crippen molar-refractivity contribution in [3.05, 3.63) is 91.5 Å². The van der Waals surface area contributed by atoms with Gasteiger partial charge in [-0.1, -0.05) is 15.9 Å². The Labute approximate surface area is 233 Å². The average Bonchev–Trinajstić information content (AvgIpc) is 3.45. The lowest BCUT2D eigenvalue weighted by Crippen LogP contribution is -2.46. The molecule has 1 amide bonds. The van der Waals surface area contributed by atoms with Gasteiger partial charge in [0.05, 0.1) is 36.1 Å². The molecule has 198 valence electrons. The molecule has 4 aromatic heterocycles. The molecule has 1 aliphatic rings. The van der Waals surface area contributed by atoms with E-state index < -0.39 is 0 Å². The van der Waals surface area contributed by atoms with Crippen molar-refractivity contribution in [2.75, 3.05) is 0 Å². The van der Waals surface area contributed by atoms with E-state index in [2.05, 4.69) is 31.0 Å². The first-order chi connectivity index (χ1) is 18.6. The molecule has 6 rings (SSSR count). The topological polar surface area (TPSA) is 104 Å². The fourth-order valence-electron chi connectivity index (χ4n) is 5.20. The molecule has 0 radical (unpaired) electrons. The van der Waals surface area contributed by atoms with Crippen LogP contribution in [0.4, 0.5) is 0 Å². The summed E-state index contributed by atoms with van der Waals surface area (Å²) in [5, 5.41) is 4.63. The van der Waals surface area contributed by atoms with Crippen LogP contribution in [-0.4, -0.2) is 50.7 Å². The first-order valence-corrected chi connectivity index (χ1v) is 13.4. The molecule has 1 atom stereocenters. The van der Waals surface area contributed by atoms with Crippen molar-refractivity contribution < 1.29 is 4.79 Å². The van der Waals surface area contributed by atoms with Crippen LogP contribution in [0.2, 0.25) is 0 Å². The fraction of sp³-hybridized carbons (Fsp3) is 0.286. The highest BCUT2D eigenvalue weighted by molar-refractivity contribution is 9.10. The van der Waals surface area contributed by atoms with Crippen molar-refractivity contribution in [3.63, 3.8) is 0 Å². The SMILES string of the molecule is Cc1cc(C)n(-c2nc3c(c(=O)n2-c2cnc4c(c2)ncn4C)C[C@@H](C)N(C(=O)c2ccc(Br)c(C)c2)C3)n1. The molecule has 0 saturated heterocycles. The maximum absolute atomic E-state index is 14.2. The number of imidazole rings is 1. The summed E-state index contributed by atoms with van der Waals surface area (Å²) in [5.41, 5.74) is 6.15. The second-order valence-electron chi connectivity index (χ2n) is 10.2. The molecule has 39 heavy (non-hydrogen) atoms. The number of aromatic nitrogens is 7. The molecule has 11 heteroatoms. The number of nitrogens with zero attached hydrogens (tertiary/aromatic N) is 8. The van der Waals surface area contributed by atoms with Gasteiger partial charge in [-0.25, -0.2) is 24.2 Å². The molecule has 0 saturated carbocycles. The van der Waals surface area contributed by atoms with E-state index in [1.165, 1.54) is 0 Å². The Hall–Kier alpha value is -4.12. The summed E-state index contributed by atoms with van der Waals surface area (Å²) in [6.07, 6.45) is 3.74. The largest absolute Gasteiger partial charge is 0.330 e. The molecule has 1 aliphatic heterocycles. The van der Waals surface area contributed by atoms with Crippen LogP contribution >= 0.6 is 15.9 Å². The lowest BCUT2D eigenvalue weighted by molar-refractivity contribution is 0.0652. The molecule has 10 nitrogen and oxygen atoms in total. The molecule has 0 unspecified atom stereocenters. The summed E-state index contributed by atoms with van der Waals surface area (Å²) in [7, 11) is 1.87. The van der Waals surface area contributed by atoms with E-state index in [-0.39, 0.29) is 24.1 Å². The molecule has 1 aromatic carbocycles. The van der Waals surface area contributed by atoms with Crippen LogP contribution in [0, 0.1) is 20.8 Å². The number of hydrogen-bond donors (Lipinski definition) is 0. The van der Waals surface area contributed by atoms with Crippen LogP contribution in [0.3, 0.4) is 0 Å². The number of aryl methyl sites for hydroxylation is 4. The summed E-state index contributed by atoms with van der Waals surface area (Å²) in [5.74, 6) is 0.259. The van der Waals surface area contributed by atoms with Crippen molar-refractivity contribution in [2.45, 2.75) is 46.7 Å². The normalized spacial score (nSPS) is 15.1. The van der Waals surface area contributed by atoms with E-state index >= 15 is 0 Å². The van der Waals surface area contributed by atoms with Crippen molar-refractivity contribution in [1.29, 1.82) is 0 Å². The molecule has 0 N–H and O–H groups in total. The van der Waals surface area contributed by atoms with Gasteiger partial charge < -0.3 is 9.47 Å². The van der Waals surface area contributed by atoms with Crippen molar-refractivity contribution >= 4 is 33.0 Å². The van der Waals surface area contributed by atoms with Gasteiger partial charge in [0.15, 0.2) is 5.65 Å². The standard InChI is InChI=1S/C28H27BrN8O2/c1-15-8-19(6-7-22(15)29)26(38)35-13-24-21(10-17(35)3)27(39)36(28(32-24)37-18(4)9-16(2)33-37)20-11-23-25(30-12-20)34(5)14-31-23/h6-9,11-12,14,17H,10,13H2,1-5H3/t17-/m1/s1. The average molecular weight is 587 g/mol. The maximum atomic E-state index is 14.2. The van der Waals surface area contributed by atoms with Crippen LogP contribution in [0.15, 0.2) is 52.1 Å². The number of halogens is 1. The van der Waals surface area contributed by atoms with Gasteiger partial charge in [0.25, 0.3) is 11.5 Å². The number of carbonyl (C=O) groups is 1. The lowest BCUT2D eigenvalue weighted by atomic mass is 9.98. The Kier molecular flexibility index (Phi) is 5.98. The van der Waals surface area contributed by atoms with Gasteiger partial charge in [-0.3, -0.25) is 9.59 Å². The molecule has 5 heterocycles. The Morgan fingerprint density at radius 1 is 1.10 bits per heavy atom. The zero-order chi connectivity index (χ0) is 27.6. The minimum Gasteiger partial charge on any atom is -0.330 e. The van der Waals surface area contributed by atoms with Gasteiger partial charge in [0.2, 0.25) is 5.95 Å². The smallest absolute Gasteiger partial charge is 0.263 e. The molecular weight excluding hydrogens is 560 g/mol. The number of amides is 1. The summed E-state index contributed by atoms with van der Waals surface area (Å²) >= 11 is 3.50. The van der Waals surface area contributed by atoms with Gasteiger partial charge in [-0.2, -0.15) is 5.10 Å². The molecule has 0 bridgehead atoms. The Morgan fingerprint density at radius 3 is 2.62 bits per heavy atom. The minimum atomic E-state index is -0.196. The van der Waals surface area contributed by atoms with Gasteiger partial charge in [0, 0.05) is 34.4 Å². The zero-order valence-electron chi connectivity index (χ0n) is 22.3. The zero-order valence-corrected chi connectivity index (χ0v) is 23.9. The number of pyridine rings is 1. The van der Waals surface area contributed by atoms with Crippen LogP contribution < -0.4 is 5.56 Å². The monoisotopic (exact) mass is 586 g/mol. The highest BCUT2D eigenvalue weighted by Gasteiger charge is 2.32. The van der Waals surface area contributed by atoms with Crippen molar-refractivity contribution in [1.82, 2.24) is 38.8 Å². The van der Waals surface area contributed by atoms with Crippen molar-refractivity contribution in [3.8, 4) is 11.6 Å². The predicted octanol–water partition coefficient (Wildman–Crippen LogP) is 3.97. The van der Waals surface area contributed by atoms with Gasteiger partial charge >= 0.3 is 0 Å². The highest BCUT2D eigenvalue weighted by Crippen LogP contribution is 2.26. The number of rotatable bonds is 3. The van der Waals surface area contributed by atoms with Gasteiger partial charge in [0.1, 0.15) is 5.52 Å². The first-order valence-electron chi connectivity index (χ1n) is 12.7. The molecule has 5 aromatic rings. The second kappa shape index (κ2) is 9.26. The fourth-order valence-corrected chi connectivity index (χ4v) is 5.44. The van der Waals surface area contributed by atoms with Gasteiger partial charge in [-0.05, 0) is 70.0 Å². The lowest BCUT2D eigenvalue weighted by Gasteiger charge is -2.34. The second-order valence-corrected chi connectivity index (χ2v) is 11.0. The highest BCUT2D eigenvalue weighted by atomic mass is 79.9. The van der Waals surface area contributed by atoms with E-state index in [1.807, 2.05) is 69.6 Å². The van der Waals surface area contributed by atoms with E-state index in [0.29, 0.717) is 40.4 Å². The van der Waals surface area contributed by atoms with Crippen LogP contribution in [0.25, 0.3) is 22.8 Å². The van der Waals surface area contributed by atoms with Crippen molar-refractivity contribution in [2.24, 2.45) is 7.05 Å². The Balaban J connectivity index is 1.51. The van der Waals surface area contributed by atoms with E-state index in [9.17, 15) is 9.59 Å². The first kappa shape index (κ1) is 25.2. The third-order valence-electron chi connectivity index (χ3n) is 7.26. The predicted molar refractivity (Wildman–Crippen MR) is 150 cm³/mol. The Morgan fingerprint density at radius 2 is 1.90 bits per heavy atom. The summed E-state index contributed by atoms with van der Waals surface area (Å²) < 4.78 is 6.00. The number of hydrogen-bond acceptors (Lipinski definition) is 6. The number of carbonyl (C=O) groups excluding carboxylic acids is 1. The maximum Gasteiger partial charge on any atom is 0.263 e. The third-order valence-corrected chi connectivity index (χ3v) is 8.15. The van der Waals surface area contributed by atoms with Crippen LogP contribution in [0.1, 0.15) is 45.5 Å². The summed E-state index contributed by atoms with van der Waals surface area (Å²) in [6, 6.07) is 9.16. The van der Waals surface area contributed by atoms with Crippen LogP contribution in [-0.2, 0) is 20.0 Å². The minimum absolute atomic E-state index is 0.0906. The molecule has 0 fully saturated rings. The number of fused-ring (bicyclic) bond motifs is 2. The third kappa shape index (κ3) is 4.17.